The van der Waals surface area contributed by atoms with Gasteiger partial charge in [0, 0.05) is 18.5 Å². The molecule has 1 amide bonds. The van der Waals surface area contributed by atoms with E-state index >= 15 is 0 Å². The Bertz CT molecular complexity index is 1050. The summed E-state index contributed by atoms with van der Waals surface area (Å²) >= 11 is 1.33. The second kappa shape index (κ2) is 10.0. The molecule has 3 aromatic rings. The van der Waals surface area contributed by atoms with Gasteiger partial charge in [-0.25, -0.2) is 0 Å². The molecule has 2 aromatic carbocycles. The molecule has 1 N–H and O–H groups in total. The highest BCUT2D eigenvalue weighted by atomic mass is 32.2. The molecule has 154 valence electrons. The molecule has 7 heteroatoms. The van der Waals surface area contributed by atoms with Crippen molar-refractivity contribution in [3.05, 3.63) is 84.2 Å². The average Bonchev–Trinajstić information content (AvgIpc) is 3.10. The van der Waals surface area contributed by atoms with Gasteiger partial charge in [0.05, 0.1) is 10.9 Å². The molecule has 6 nitrogen and oxygen atoms in total. The predicted octanol–water partition coefficient (Wildman–Crippen LogP) is 4.38. The lowest BCUT2D eigenvalue weighted by Crippen LogP contribution is -2.24. The minimum atomic E-state index is -0.428. The third kappa shape index (κ3) is 5.24. The van der Waals surface area contributed by atoms with Crippen LogP contribution in [0.15, 0.2) is 72.4 Å². The lowest BCUT2D eigenvalue weighted by atomic mass is 10.1. The molecule has 1 atom stereocenters. The summed E-state index contributed by atoms with van der Waals surface area (Å²) in [5.74, 6) is 0.520. The van der Waals surface area contributed by atoms with E-state index in [-0.39, 0.29) is 11.7 Å². The van der Waals surface area contributed by atoms with Crippen molar-refractivity contribution in [3.8, 4) is 0 Å². The number of nitrogens with zero attached hydrogens (tertiary/aromatic N) is 3. The first kappa shape index (κ1) is 21.5. The van der Waals surface area contributed by atoms with E-state index in [1.54, 1.807) is 37.3 Å². The largest absolute Gasteiger partial charge is 0.324 e. The van der Waals surface area contributed by atoms with E-state index in [9.17, 15) is 9.59 Å². The first-order valence-corrected chi connectivity index (χ1v) is 10.5. The number of Topliss-reactive ketones (excluding diaryl/α,β-unsaturated/α-hetero) is 1. The molecule has 1 heterocycles. The number of para-hydroxylation sites is 1. The van der Waals surface area contributed by atoms with E-state index in [0.717, 1.165) is 11.4 Å². The molecule has 0 aliphatic heterocycles. The zero-order valence-corrected chi connectivity index (χ0v) is 17.9. The van der Waals surface area contributed by atoms with Crippen LogP contribution >= 0.6 is 11.8 Å². The summed E-state index contributed by atoms with van der Waals surface area (Å²) < 4.78 is 1.97. The Hall–Kier alpha value is -3.19. The van der Waals surface area contributed by atoms with Crippen molar-refractivity contribution in [2.75, 3.05) is 5.32 Å². The lowest BCUT2D eigenvalue weighted by Gasteiger charge is -2.14. The molecule has 1 unspecified atom stereocenters. The van der Waals surface area contributed by atoms with Crippen molar-refractivity contribution in [1.82, 2.24) is 14.8 Å². The predicted molar refractivity (Wildman–Crippen MR) is 120 cm³/mol. The standard InChI is InChI=1S/C23H24N4O2S/c1-4-14-27-21(15-18-10-6-5-7-11-18)25-26-23(27)30-17(3)22(29)24-20-13-9-8-12-19(20)16(2)28/h4-13,17H,1,14-15H2,2-3H3,(H,24,29). The first-order chi connectivity index (χ1) is 14.5. The van der Waals surface area contributed by atoms with E-state index < -0.39 is 5.25 Å². The van der Waals surface area contributed by atoms with Gasteiger partial charge in [-0.05, 0) is 31.5 Å². The van der Waals surface area contributed by atoms with Crippen molar-refractivity contribution in [3.63, 3.8) is 0 Å². The Morgan fingerprint density at radius 1 is 1.13 bits per heavy atom. The van der Waals surface area contributed by atoms with E-state index in [1.165, 1.54) is 18.7 Å². The third-order valence-corrected chi connectivity index (χ3v) is 5.61. The lowest BCUT2D eigenvalue weighted by molar-refractivity contribution is -0.115. The molecule has 0 spiro atoms. The zero-order chi connectivity index (χ0) is 21.5. The minimum absolute atomic E-state index is 0.0949. The maximum Gasteiger partial charge on any atom is 0.237 e. The Kier molecular flexibility index (Phi) is 7.19. The average molecular weight is 421 g/mol. The second-order valence-corrected chi connectivity index (χ2v) is 8.12. The molecular weight excluding hydrogens is 396 g/mol. The van der Waals surface area contributed by atoms with Crippen molar-refractivity contribution in [1.29, 1.82) is 0 Å². The first-order valence-electron chi connectivity index (χ1n) is 9.64. The molecule has 0 saturated carbocycles. The number of allylic oxidation sites excluding steroid dienone is 1. The van der Waals surface area contributed by atoms with Crippen LogP contribution in [0.3, 0.4) is 0 Å². The Morgan fingerprint density at radius 3 is 2.53 bits per heavy atom. The number of hydrogen-bond acceptors (Lipinski definition) is 5. The highest BCUT2D eigenvalue weighted by molar-refractivity contribution is 8.00. The minimum Gasteiger partial charge on any atom is -0.324 e. The number of benzene rings is 2. The fourth-order valence-electron chi connectivity index (χ4n) is 2.97. The SMILES string of the molecule is C=CCn1c(Cc2ccccc2)nnc1SC(C)C(=O)Nc1ccccc1C(C)=O. The van der Waals surface area contributed by atoms with E-state index in [2.05, 4.69) is 22.1 Å². The fourth-order valence-corrected chi connectivity index (χ4v) is 3.85. The molecule has 0 saturated heterocycles. The maximum atomic E-state index is 12.7. The van der Waals surface area contributed by atoms with Crippen LogP contribution in [-0.4, -0.2) is 31.7 Å². The number of carbonyl (C=O) groups is 2. The zero-order valence-electron chi connectivity index (χ0n) is 17.0. The van der Waals surface area contributed by atoms with Gasteiger partial charge >= 0.3 is 0 Å². The van der Waals surface area contributed by atoms with Crippen molar-refractivity contribution in [2.45, 2.75) is 37.2 Å². The number of rotatable bonds is 9. The number of carbonyl (C=O) groups excluding carboxylic acids is 2. The summed E-state index contributed by atoms with van der Waals surface area (Å²) in [6, 6.07) is 17.0. The maximum absolute atomic E-state index is 12.7. The van der Waals surface area contributed by atoms with Gasteiger partial charge in [0.15, 0.2) is 10.9 Å². The number of anilines is 1. The van der Waals surface area contributed by atoms with Crippen LogP contribution in [-0.2, 0) is 17.8 Å². The van der Waals surface area contributed by atoms with Gasteiger partial charge in [-0.2, -0.15) is 0 Å². The molecule has 0 fully saturated rings. The van der Waals surface area contributed by atoms with Gasteiger partial charge < -0.3 is 9.88 Å². The number of ketones is 1. The number of aromatic nitrogens is 3. The van der Waals surface area contributed by atoms with Crippen molar-refractivity contribution >= 4 is 29.1 Å². The molecule has 30 heavy (non-hydrogen) atoms. The topological polar surface area (TPSA) is 76.9 Å². The molecule has 0 bridgehead atoms. The van der Waals surface area contributed by atoms with Gasteiger partial charge in [0.2, 0.25) is 5.91 Å². The highest BCUT2D eigenvalue weighted by Crippen LogP contribution is 2.25. The van der Waals surface area contributed by atoms with Crippen LogP contribution in [0.1, 0.15) is 35.6 Å². The monoisotopic (exact) mass is 420 g/mol. The number of hydrogen-bond donors (Lipinski definition) is 1. The summed E-state index contributed by atoms with van der Waals surface area (Å²) in [6.07, 6.45) is 2.44. The van der Waals surface area contributed by atoms with Gasteiger partial charge in [-0.1, -0.05) is 60.3 Å². The van der Waals surface area contributed by atoms with E-state index in [4.69, 9.17) is 0 Å². The second-order valence-electron chi connectivity index (χ2n) is 6.81. The Morgan fingerprint density at radius 2 is 1.83 bits per heavy atom. The summed E-state index contributed by atoms with van der Waals surface area (Å²) in [5, 5.41) is 11.7. The van der Waals surface area contributed by atoms with Gasteiger partial charge in [0.1, 0.15) is 5.82 Å². The quantitative estimate of drug-likeness (QED) is 0.316. The molecule has 0 aliphatic rings. The molecule has 3 rings (SSSR count). The van der Waals surface area contributed by atoms with Crippen LogP contribution in [0.25, 0.3) is 0 Å². The molecule has 0 aliphatic carbocycles. The smallest absolute Gasteiger partial charge is 0.237 e. The number of nitrogens with one attached hydrogen (secondary N) is 1. The molecule has 0 radical (unpaired) electrons. The van der Waals surface area contributed by atoms with Crippen LogP contribution in [0.2, 0.25) is 0 Å². The summed E-state index contributed by atoms with van der Waals surface area (Å²) in [5.41, 5.74) is 2.14. The summed E-state index contributed by atoms with van der Waals surface area (Å²) in [6.45, 7) is 7.67. The van der Waals surface area contributed by atoms with Crippen LogP contribution in [0, 0.1) is 0 Å². The van der Waals surface area contributed by atoms with Crippen molar-refractivity contribution < 1.29 is 9.59 Å². The normalized spacial score (nSPS) is 11.7. The van der Waals surface area contributed by atoms with Gasteiger partial charge in [0.25, 0.3) is 0 Å². The molecular formula is C23H24N4O2S. The Balaban J connectivity index is 1.74. The van der Waals surface area contributed by atoms with Crippen molar-refractivity contribution in [2.24, 2.45) is 0 Å². The van der Waals surface area contributed by atoms with E-state index in [0.29, 0.717) is 29.4 Å². The summed E-state index contributed by atoms with van der Waals surface area (Å²) in [4.78, 5) is 24.5. The number of thioether (sulfide) groups is 1. The highest BCUT2D eigenvalue weighted by Gasteiger charge is 2.21. The fraction of sp³-hybridized carbons (Fsp3) is 0.217. The van der Waals surface area contributed by atoms with Crippen LogP contribution in [0.5, 0.6) is 0 Å². The van der Waals surface area contributed by atoms with Gasteiger partial charge in [-0.15, -0.1) is 16.8 Å². The summed E-state index contributed by atoms with van der Waals surface area (Å²) in [7, 11) is 0. The van der Waals surface area contributed by atoms with E-state index in [1.807, 2.05) is 34.9 Å². The van der Waals surface area contributed by atoms with Crippen LogP contribution < -0.4 is 5.32 Å². The number of amides is 1. The van der Waals surface area contributed by atoms with Gasteiger partial charge in [-0.3, -0.25) is 9.59 Å². The van der Waals surface area contributed by atoms with Crippen LogP contribution in [0.4, 0.5) is 5.69 Å². The third-order valence-electron chi connectivity index (χ3n) is 4.53. The Labute approximate surface area is 180 Å². The molecule has 1 aromatic heterocycles.